The molecule has 0 saturated heterocycles. The molecule has 26 heavy (non-hydrogen) atoms. The Labute approximate surface area is 158 Å². The number of benzene rings is 1. The number of phenolic OH excluding ortho intramolecular Hbond substituents is 1. The summed E-state index contributed by atoms with van der Waals surface area (Å²) in [5, 5.41) is 13.5. The van der Waals surface area contributed by atoms with E-state index in [-0.39, 0.29) is 16.3 Å². The fourth-order valence-electron chi connectivity index (χ4n) is 2.45. The number of aryl methyl sites for hydroxylation is 1. The van der Waals surface area contributed by atoms with Crippen molar-refractivity contribution in [3.63, 3.8) is 0 Å². The Morgan fingerprint density at radius 1 is 1.27 bits per heavy atom. The number of carbonyl (C=O) groups excluding carboxylic acids is 1. The molecule has 3 aromatic rings. The second kappa shape index (κ2) is 7.39. The van der Waals surface area contributed by atoms with E-state index in [0.29, 0.717) is 16.3 Å². The molecule has 0 spiro atoms. The number of aromatic nitrogens is 2. The van der Waals surface area contributed by atoms with Crippen LogP contribution in [0.1, 0.15) is 33.9 Å². The van der Waals surface area contributed by atoms with Crippen LogP contribution in [0.25, 0.3) is 10.6 Å². The molecule has 134 valence electrons. The summed E-state index contributed by atoms with van der Waals surface area (Å²) < 4.78 is 13.1. The van der Waals surface area contributed by atoms with Gasteiger partial charge in [0, 0.05) is 22.2 Å². The van der Waals surface area contributed by atoms with Crippen LogP contribution in [0.2, 0.25) is 5.02 Å². The van der Waals surface area contributed by atoms with E-state index in [1.54, 1.807) is 25.3 Å². The molecule has 0 saturated carbocycles. The molecule has 2 heterocycles. The van der Waals surface area contributed by atoms with E-state index in [2.05, 4.69) is 15.3 Å². The van der Waals surface area contributed by atoms with Crippen molar-refractivity contribution in [1.29, 1.82) is 0 Å². The number of rotatable bonds is 4. The summed E-state index contributed by atoms with van der Waals surface area (Å²) in [4.78, 5) is 21.8. The molecule has 1 atom stereocenters. The second-order valence-electron chi connectivity index (χ2n) is 5.76. The average molecular weight is 392 g/mol. The van der Waals surface area contributed by atoms with Crippen LogP contribution in [0.15, 0.2) is 36.7 Å². The van der Waals surface area contributed by atoms with Crippen molar-refractivity contribution in [3.05, 3.63) is 63.6 Å². The van der Waals surface area contributed by atoms with Gasteiger partial charge < -0.3 is 10.4 Å². The summed E-state index contributed by atoms with van der Waals surface area (Å²) in [6, 6.07) is 5.18. The van der Waals surface area contributed by atoms with Crippen molar-refractivity contribution in [2.75, 3.05) is 0 Å². The molecule has 3 rings (SSSR count). The van der Waals surface area contributed by atoms with Crippen LogP contribution in [-0.4, -0.2) is 21.0 Å². The molecular formula is C18H15ClFN3O2S. The van der Waals surface area contributed by atoms with Gasteiger partial charge in [-0.1, -0.05) is 11.6 Å². The Bertz CT molecular complexity index is 977. The van der Waals surface area contributed by atoms with E-state index in [1.807, 2.05) is 6.92 Å². The Balaban J connectivity index is 1.84. The lowest BCUT2D eigenvalue weighted by Gasteiger charge is -2.15. The highest BCUT2D eigenvalue weighted by molar-refractivity contribution is 7.14. The number of phenols is 1. The molecule has 2 aromatic heterocycles. The fourth-order valence-corrected chi connectivity index (χ4v) is 3.51. The van der Waals surface area contributed by atoms with Crippen LogP contribution < -0.4 is 5.32 Å². The summed E-state index contributed by atoms with van der Waals surface area (Å²) in [6.45, 7) is 3.62. The molecule has 0 bridgehead atoms. The molecular weight excluding hydrogens is 377 g/mol. The van der Waals surface area contributed by atoms with Gasteiger partial charge in [0.25, 0.3) is 5.91 Å². The van der Waals surface area contributed by atoms with Crippen molar-refractivity contribution < 1.29 is 14.3 Å². The molecule has 1 unspecified atom stereocenters. The number of amides is 1. The third-order valence-electron chi connectivity index (χ3n) is 3.64. The smallest absolute Gasteiger partial charge is 0.251 e. The van der Waals surface area contributed by atoms with Gasteiger partial charge in [-0.15, -0.1) is 11.3 Å². The average Bonchev–Trinajstić information content (AvgIpc) is 3.00. The number of nitrogens with zero attached hydrogens (tertiary/aromatic N) is 2. The highest BCUT2D eigenvalue weighted by atomic mass is 35.5. The van der Waals surface area contributed by atoms with E-state index < -0.39 is 17.8 Å². The standard InChI is InChI=1S/C18H15ClFN3O2S/c1-9-7-22-18(26-9)12-3-11(4-14(24)5-12)17(25)23-10(2)16-15(19)6-13(20)8-21-16/h3-8,10,24H,1-2H3,(H,23,25). The lowest BCUT2D eigenvalue weighted by Crippen LogP contribution is -2.27. The number of halogens is 2. The van der Waals surface area contributed by atoms with Gasteiger partial charge >= 0.3 is 0 Å². The van der Waals surface area contributed by atoms with Gasteiger partial charge in [-0.25, -0.2) is 9.37 Å². The van der Waals surface area contributed by atoms with Crippen LogP contribution in [0.3, 0.4) is 0 Å². The monoisotopic (exact) mass is 391 g/mol. The van der Waals surface area contributed by atoms with Gasteiger partial charge in [-0.3, -0.25) is 9.78 Å². The third kappa shape index (κ3) is 4.00. The van der Waals surface area contributed by atoms with Crippen LogP contribution in [-0.2, 0) is 0 Å². The zero-order chi connectivity index (χ0) is 18.8. The summed E-state index contributed by atoms with van der Waals surface area (Å²) >= 11 is 7.45. The summed E-state index contributed by atoms with van der Waals surface area (Å²) in [6.07, 6.45) is 2.77. The van der Waals surface area contributed by atoms with Crippen LogP contribution in [0.5, 0.6) is 5.75 Å². The molecule has 0 aliphatic carbocycles. The zero-order valence-corrected chi connectivity index (χ0v) is 15.5. The SMILES string of the molecule is Cc1cnc(-c2cc(O)cc(C(=O)NC(C)c3ncc(F)cc3Cl)c2)s1. The maximum atomic E-state index is 13.1. The van der Waals surface area contributed by atoms with Gasteiger partial charge in [0.1, 0.15) is 16.6 Å². The summed E-state index contributed by atoms with van der Waals surface area (Å²) in [5.41, 5.74) is 1.29. The van der Waals surface area contributed by atoms with E-state index in [0.717, 1.165) is 17.1 Å². The molecule has 2 N–H and O–H groups in total. The van der Waals surface area contributed by atoms with Gasteiger partial charge in [0.05, 0.1) is 23.0 Å². The van der Waals surface area contributed by atoms with Crippen LogP contribution in [0, 0.1) is 12.7 Å². The first-order chi connectivity index (χ1) is 12.3. The van der Waals surface area contributed by atoms with Crippen molar-refractivity contribution in [1.82, 2.24) is 15.3 Å². The normalized spacial score (nSPS) is 12.0. The fraction of sp³-hybridized carbons (Fsp3) is 0.167. The lowest BCUT2D eigenvalue weighted by atomic mass is 10.1. The highest BCUT2D eigenvalue weighted by Gasteiger charge is 2.17. The van der Waals surface area contributed by atoms with Gasteiger partial charge in [-0.05, 0) is 38.1 Å². The first-order valence-corrected chi connectivity index (χ1v) is 8.91. The maximum Gasteiger partial charge on any atom is 0.251 e. The van der Waals surface area contributed by atoms with Gasteiger partial charge in [0.15, 0.2) is 0 Å². The number of pyridine rings is 1. The molecule has 1 amide bonds. The summed E-state index contributed by atoms with van der Waals surface area (Å²) in [7, 11) is 0. The van der Waals surface area contributed by atoms with Crippen LogP contribution >= 0.6 is 22.9 Å². The number of hydrogen-bond donors (Lipinski definition) is 2. The number of aromatic hydroxyl groups is 1. The van der Waals surface area contributed by atoms with E-state index >= 15 is 0 Å². The Hall–Kier alpha value is -2.51. The topological polar surface area (TPSA) is 75.1 Å². The second-order valence-corrected chi connectivity index (χ2v) is 7.40. The molecule has 5 nitrogen and oxygen atoms in total. The van der Waals surface area contributed by atoms with Crippen LogP contribution in [0.4, 0.5) is 4.39 Å². The molecule has 0 aliphatic heterocycles. The minimum atomic E-state index is -0.548. The van der Waals surface area contributed by atoms with E-state index in [1.165, 1.54) is 17.4 Å². The number of hydrogen-bond acceptors (Lipinski definition) is 5. The number of thiazole rings is 1. The van der Waals surface area contributed by atoms with Gasteiger partial charge in [0.2, 0.25) is 0 Å². The first kappa shape index (κ1) is 18.3. The highest BCUT2D eigenvalue weighted by Crippen LogP contribution is 2.29. The number of nitrogens with one attached hydrogen (secondary N) is 1. The first-order valence-electron chi connectivity index (χ1n) is 7.72. The van der Waals surface area contributed by atoms with Crippen molar-refractivity contribution in [3.8, 4) is 16.3 Å². The van der Waals surface area contributed by atoms with Crippen molar-refractivity contribution in [2.24, 2.45) is 0 Å². The van der Waals surface area contributed by atoms with Gasteiger partial charge in [-0.2, -0.15) is 0 Å². The molecule has 1 aromatic carbocycles. The molecule has 0 radical (unpaired) electrons. The minimum Gasteiger partial charge on any atom is -0.508 e. The Morgan fingerprint density at radius 2 is 2.04 bits per heavy atom. The third-order valence-corrected chi connectivity index (χ3v) is 4.91. The largest absolute Gasteiger partial charge is 0.508 e. The molecule has 8 heteroatoms. The maximum absolute atomic E-state index is 13.1. The molecule has 0 aliphatic rings. The zero-order valence-electron chi connectivity index (χ0n) is 14.0. The number of carbonyl (C=O) groups is 1. The lowest BCUT2D eigenvalue weighted by molar-refractivity contribution is 0.0939. The quantitative estimate of drug-likeness (QED) is 0.686. The van der Waals surface area contributed by atoms with E-state index in [9.17, 15) is 14.3 Å². The van der Waals surface area contributed by atoms with Crippen molar-refractivity contribution in [2.45, 2.75) is 19.9 Å². The van der Waals surface area contributed by atoms with Crippen molar-refractivity contribution >= 4 is 28.8 Å². The predicted octanol–water partition coefficient (Wildman–Crippen LogP) is 4.50. The minimum absolute atomic E-state index is 0.0360. The Morgan fingerprint density at radius 3 is 2.69 bits per heavy atom. The Kier molecular flexibility index (Phi) is 5.20. The predicted molar refractivity (Wildman–Crippen MR) is 99.0 cm³/mol. The molecule has 0 fully saturated rings. The summed E-state index contributed by atoms with van der Waals surface area (Å²) in [5.74, 6) is -0.996. The van der Waals surface area contributed by atoms with E-state index in [4.69, 9.17) is 11.6 Å².